The monoisotopic (exact) mass is 391 g/mol. The van der Waals surface area contributed by atoms with Gasteiger partial charge in [-0.3, -0.25) is 4.79 Å². The SMILES string of the molecule is CCCCn1nc(C(=O)CC)nc1Cc1ccc(-c2ccccc2C(=O)O)cc1. The lowest BCUT2D eigenvalue weighted by molar-refractivity contribution is 0.0697. The van der Waals surface area contributed by atoms with Crippen LogP contribution in [0.1, 0.15) is 65.5 Å². The summed E-state index contributed by atoms with van der Waals surface area (Å²) in [7, 11) is 0. The lowest BCUT2D eigenvalue weighted by Crippen LogP contribution is -2.07. The van der Waals surface area contributed by atoms with Crippen molar-refractivity contribution in [3.8, 4) is 11.1 Å². The predicted octanol–water partition coefficient (Wildman–Crippen LogP) is 4.63. The molecule has 0 radical (unpaired) electrons. The van der Waals surface area contributed by atoms with Crippen LogP contribution < -0.4 is 0 Å². The van der Waals surface area contributed by atoms with Crippen molar-refractivity contribution in [1.29, 1.82) is 0 Å². The first-order chi connectivity index (χ1) is 14.0. The van der Waals surface area contributed by atoms with Gasteiger partial charge in [0.1, 0.15) is 5.82 Å². The van der Waals surface area contributed by atoms with Crippen molar-refractivity contribution in [2.75, 3.05) is 0 Å². The molecule has 1 heterocycles. The molecule has 0 spiro atoms. The fourth-order valence-corrected chi connectivity index (χ4v) is 3.17. The summed E-state index contributed by atoms with van der Waals surface area (Å²) in [5.74, 6) is 0.0588. The number of aromatic carboxylic acids is 1. The minimum atomic E-state index is -0.943. The van der Waals surface area contributed by atoms with Gasteiger partial charge in [0, 0.05) is 19.4 Å². The Bertz CT molecular complexity index is 1010. The van der Waals surface area contributed by atoms with Crippen molar-refractivity contribution in [1.82, 2.24) is 14.8 Å². The molecule has 6 nitrogen and oxygen atoms in total. The van der Waals surface area contributed by atoms with Gasteiger partial charge in [-0.2, -0.15) is 0 Å². The number of Topliss-reactive ketones (excluding diaryl/α,β-unsaturated/α-hetero) is 1. The first-order valence-electron chi connectivity index (χ1n) is 9.92. The molecule has 6 heteroatoms. The van der Waals surface area contributed by atoms with Crippen LogP contribution in [0.15, 0.2) is 48.5 Å². The smallest absolute Gasteiger partial charge is 0.336 e. The molecule has 0 aliphatic rings. The van der Waals surface area contributed by atoms with Crippen LogP contribution in [0.4, 0.5) is 0 Å². The van der Waals surface area contributed by atoms with E-state index in [1.54, 1.807) is 12.1 Å². The van der Waals surface area contributed by atoms with Gasteiger partial charge >= 0.3 is 5.97 Å². The fraction of sp³-hybridized carbons (Fsp3) is 0.304. The molecule has 0 saturated heterocycles. The van der Waals surface area contributed by atoms with E-state index in [4.69, 9.17) is 0 Å². The number of carbonyl (C=O) groups is 2. The second-order valence-corrected chi connectivity index (χ2v) is 6.93. The first kappa shape index (κ1) is 20.5. The zero-order valence-electron chi connectivity index (χ0n) is 16.8. The lowest BCUT2D eigenvalue weighted by Gasteiger charge is -2.08. The fourth-order valence-electron chi connectivity index (χ4n) is 3.17. The third-order valence-corrected chi connectivity index (χ3v) is 4.83. The number of aryl methyl sites for hydroxylation is 1. The van der Waals surface area contributed by atoms with Crippen molar-refractivity contribution < 1.29 is 14.7 Å². The van der Waals surface area contributed by atoms with Crippen molar-refractivity contribution >= 4 is 11.8 Å². The second kappa shape index (κ2) is 9.28. The molecule has 1 N–H and O–H groups in total. The highest BCUT2D eigenvalue weighted by molar-refractivity contribution is 5.96. The van der Waals surface area contributed by atoms with E-state index in [2.05, 4.69) is 17.0 Å². The minimum Gasteiger partial charge on any atom is -0.478 e. The number of aromatic nitrogens is 3. The molecule has 29 heavy (non-hydrogen) atoms. The van der Waals surface area contributed by atoms with Gasteiger partial charge in [0.05, 0.1) is 5.56 Å². The Balaban J connectivity index is 1.85. The maximum absolute atomic E-state index is 12.0. The van der Waals surface area contributed by atoms with E-state index in [-0.39, 0.29) is 17.2 Å². The normalized spacial score (nSPS) is 10.8. The third kappa shape index (κ3) is 4.77. The maximum Gasteiger partial charge on any atom is 0.336 e. The molecule has 2 aromatic carbocycles. The van der Waals surface area contributed by atoms with Gasteiger partial charge in [0.2, 0.25) is 11.6 Å². The van der Waals surface area contributed by atoms with Gasteiger partial charge in [0.15, 0.2) is 0 Å². The van der Waals surface area contributed by atoms with E-state index in [9.17, 15) is 14.7 Å². The standard InChI is InChI=1S/C23H25N3O3/c1-3-5-14-26-21(24-22(25-26)20(27)4-2)15-16-10-12-17(13-11-16)18-8-6-7-9-19(18)23(28)29/h6-13H,3-5,14-15H2,1-2H3,(H,28,29). The number of carboxylic acid groups (broad SMARTS) is 1. The van der Waals surface area contributed by atoms with Crippen LogP contribution >= 0.6 is 0 Å². The Morgan fingerprint density at radius 2 is 1.76 bits per heavy atom. The highest BCUT2D eigenvalue weighted by atomic mass is 16.4. The number of nitrogens with zero attached hydrogens (tertiary/aromatic N) is 3. The molecular formula is C23H25N3O3. The van der Waals surface area contributed by atoms with Gasteiger partial charge in [-0.25, -0.2) is 14.5 Å². The van der Waals surface area contributed by atoms with E-state index in [1.165, 1.54) is 0 Å². The molecule has 0 atom stereocenters. The zero-order valence-corrected chi connectivity index (χ0v) is 16.8. The summed E-state index contributed by atoms with van der Waals surface area (Å²) in [6.45, 7) is 4.66. The van der Waals surface area contributed by atoms with Crippen LogP contribution in [0, 0.1) is 0 Å². The molecule has 0 saturated carbocycles. The Labute approximate surface area is 170 Å². The third-order valence-electron chi connectivity index (χ3n) is 4.83. The molecule has 150 valence electrons. The Hall–Kier alpha value is -3.28. The topological polar surface area (TPSA) is 85.1 Å². The molecule has 0 bridgehead atoms. The van der Waals surface area contributed by atoms with Crippen LogP contribution in [-0.4, -0.2) is 31.6 Å². The number of benzene rings is 2. The summed E-state index contributed by atoms with van der Waals surface area (Å²) in [4.78, 5) is 27.9. The van der Waals surface area contributed by atoms with Crippen molar-refractivity contribution in [3.63, 3.8) is 0 Å². The van der Waals surface area contributed by atoms with E-state index >= 15 is 0 Å². The summed E-state index contributed by atoms with van der Waals surface area (Å²) in [5.41, 5.74) is 2.85. The maximum atomic E-state index is 12.0. The van der Waals surface area contributed by atoms with E-state index in [0.29, 0.717) is 18.4 Å². The molecule has 0 aliphatic carbocycles. The number of hydrogen-bond donors (Lipinski definition) is 1. The number of carbonyl (C=O) groups excluding carboxylic acids is 1. The lowest BCUT2D eigenvalue weighted by atomic mass is 9.98. The van der Waals surface area contributed by atoms with Crippen molar-refractivity contribution in [2.45, 2.75) is 46.1 Å². The quantitative estimate of drug-likeness (QED) is 0.538. The summed E-state index contributed by atoms with van der Waals surface area (Å²) in [6.07, 6.45) is 2.96. The van der Waals surface area contributed by atoms with Crippen LogP contribution in [-0.2, 0) is 13.0 Å². The Morgan fingerprint density at radius 3 is 2.41 bits per heavy atom. The molecule has 0 fully saturated rings. The van der Waals surface area contributed by atoms with Gasteiger partial charge in [-0.05, 0) is 29.2 Å². The van der Waals surface area contributed by atoms with Gasteiger partial charge < -0.3 is 5.11 Å². The van der Waals surface area contributed by atoms with E-state index in [1.807, 2.05) is 48.0 Å². The number of hydrogen-bond acceptors (Lipinski definition) is 4. The van der Waals surface area contributed by atoms with Crippen LogP contribution in [0.25, 0.3) is 11.1 Å². The molecule has 3 aromatic rings. The first-order valence-corrected chi connectivity index (χ1v) is 9.92. The Morgan fingerprint density at radius 1 is 1.03 bits per heavy atom. The number of carboxylic acids is 1. The number of ketones is 1. The van der Waals surface area contributed by atoms with Gasteiger partial charge in [-0.1, -0.05) is 62.7 Å². The molecular weight excluding hydrogens is 366 g/mol. The van der Waals surface area contributed by atoms with Gasteiger partial charge in [-0.15, -0.1) is 5.10 Å². The molecule has 0 amide bonds. The Kier molecular flexibility index (Phi) is 6.54. The molecule has 0 aliphatic heterocycles. The molecule has 1 aromatic heterocycles. The average Bonchev–Trinajstić information content (AvgIpc) is 3.14. The molecule has 0 unspecified atom stereocenters. The number of rotatable bonds is 9. The van der Waals surface area contributed by atoms with Gasteiger partial charge in [0.25, 0.3) is 0 Å². The van der Waals surface area contributed by atoms with E-state index < -0.39 is 5.97 Å². The zero-order chi connectivity index (χ0) is 20.8. The van der Waals surface area contributed by atoms with Crippen LogP contribution in [0.5, 0.6) is 0 Å². The predicted molar refractivity (Wildman–Crippen MR) is 111 cm³/mol. The number of unbranched alkanes of at least 4 members (excludes halogenated alkanes) is 1. The van der Waals surface area contributed by atoms with Crippen molar-refractivity contribution in [3.05, 3.63) is 71.3 Å². The summed E-state index contributed by atoms with van der Waals surface area (Å²) < 4.78 is 1.83. The second-order valence-electron chi connectivity index (χ2n) is 6.93. The highest BCUT2D eigenvalue weighted by Gasteiger charge is 2.16. The largest absolute Gasteiger partial charge is 0.478 e. The van der Waals surface area contributed by atoms with Crippen molar-refractivity contribution in [2.24, 2.45) is 0 Å². The summed E-state index contributed by atoms with van der Waals surface area (Å²) in [5, 5.41) is 13.8. The summed E-state index contributed by atoms with van der Waals surface area (Å²) in [6, 6.07) is 14.7. The average molecular weight is 391 g/mol. The van der Waals surface area contributed by atoms with Crippen LogP contribution in [0.2, 0.25) is 0 Å². The highest BCUT2D eigenvalue weighted by Crippen LogP contribution is 2.24. The minimum absolute atomic E-state index is 0.0536. The molecule has 3 rings (SSSR count). The van der Waals surface area contributed by atoms with E-state index in [0.717, 1.165) is 36.3 Å². The summed E-state index contributed by atoms with van der Waals surface area (Å²) >= 11 is 0. The van der Waals surface area contributed by atoms with Crippen LogP contribution in [0.3, 0.4) is 0 Å².